The van der Waals surface area contributed by atoms with Crippen molar-refractivity contribution in [2.24, 2.45) is 11.8 Å². The summed E-state index contributed by atoms with van der Waals surface area (Å²) in [5, 5.41) is 6.74. The Morgan fingerprint density at radius 3 is 1.56 bits per heavy atom. The highest BCUT2D eigenvalue weighted by Crippen LogP contribution is 2.29. The molecule has 0 saturated heterocycles. The van der Waals surface area contributed by atoms with Gasteiger partial charge in [0.2, 0.25) is 5.91 Å². The van der Waals surface area contributed by atoms with Gasteiger partial charge in [0.15, 0.2) is 0 Å². The summed E-state index contributed by atoms with van der Waals surface area (Å²) in [6.07, 6.45) is 7.46. The van der Waals surface area contributed by atoms with Crippen molar-refractivity contribution in [3.05, 3.63) is 0 Å². The maximum Gasteiger partial charge on any atom is 0.407 e. The highest BCUT2D eigenvalue weighted by molar-refractivity contribution is 5.79. The molecular formula is C25H47N3O6. The first-order valence-electron chi connectivity index (χ1n) is 10.9. The fourth-order valence-corrected chi connectivity index (χ4v) is 3.10. The molecule has 0 atom stereocenters. The van der Waals surface area contributed by atoms with Gasteiger partial charge in [0.25, 0.3) is 0 Å². The third-order valence-electron chi connectivity index (χ3n) is 4.89. The summed E-state index contributed by atoms with van der Waals surface area (Å²) in [6.45, 7) is 11.0. The Bertz CT molecular complexity index is 693. The second-order valence-electron chi connectivity index (χ2n) is 10.2. The zero-order valence-corrected chi connectivity index (χ0v) is 20.6. The van der Waals surface area contributed by atoms with E-state index >= 15 is 0 Å². The third kappa shape index (κ3) is 12.7. The van der Waals surface area contributed by atoms with Gasteiger partial charge in [-0.25, -0.2) is 14.7 Å². The minimum absolute atomic E-state index is 0. The van der Waals surface area contributed by atoms with Crippen LogP contribution in [0.5, 0.6) is 0 Å². The molecule has 198 valence electrons. The van der Waals surface area contributed by atoms with Gasteiger partial charge in [-0.15, -0.1) is 12.3 Å². The summed E-state index contributed by atoms with van der Waals surface area (Å²) in [6, 6.07) is 0.213. The molecular weight excluding hydrogens is 438 g/mol. The molecule has 2 fully saturated rings. The number of hydrogen-bond acceptors (Lipinski definition) is 6. The topological polar surface area (TPSA) is 106 Å². The lowest BCUT2D eigenvalue weighted by molar-refractivity contribution is -0.176. The van der Waals surface area contributed by atoms with Crippen LogP contribution in [0.1, 0.15) is 82.1 Å². The minimum Gasteiger partial charge on any atom is -0.444 e. The maximum absolute atomic E-state index is 11.7. The molecule has 0 aromatic carbocycles. The zero-order valence-electron chi connectivity index (χ0n) is 20.6. The average molecular weight is 486 g/mol. The van der Waals surface area contributed by atoms with Gasteiger partial charge in [-0.2, -0.15) is 0 Å². The summed E-state index contributed by atoms with van der Waals surface area (Å²) in [5.74, 6) is 2.86. The number of carbonyl (C=O) groups excluding carboxylic acids is 3. The number of nitrogens with zero attached hydrogens (tertiary/aromatic N) is 1. The molecule has 2 aliphatic carbocycles. The van der Waals surface area contributed by atoms with E-state index in [1.165, 1.54) is 12.2 Å². The summed E-state index contributed by atoms with van der Waals surface area (Å²) in [5.41, 5.74) is -0.932. The van der Waals surface area contributed by atoms with Crippen LogP contribution in [0.25, 0.3) is 0 Å². The summed E-state index contributed by atoms with van der Waals surface area (Å²) < 4.78 is 10.2. The van der Waals surface area contributed by atoms with Crippen molar-refractivity contribution in [1.82, 2.24) is 15.7 Å². The zero-order chi connectivity index (χ0) is 24.7. The van der Waals surface area contributed by atoms with E-state index in [1.54, 1.807) is 7.05 Å². The Kier molecular flexibility index (Phi) is 13.9. The predicted octanol–water partition coefficient (Wildman–Crippen LogP) is 4.50. The lowest BCUT2D eigenvalue weighted by Gasteiger charge is -2.36. The van der Waals surface area contributed by atoms with E-state index in [-0.39, 0.29) is 44.9 Å². The first-order valence-corrected chi connectivity index (χ1v) is 10.9. The van der Waals surface area contributed by atoms with Gasteiger partial charge < -0.3 is 20.1 Å². The molecule has 2 aliphatic rings. The SMILES string of the molecule is C.C.C#CC1CC(NC(=O)OC(C)(C)C)C1.CON(C)C(=O)C1CC(NC(=O)OC(C)(C)C)C1. The molecule has 0 unspecified atom stereocenters. The van der Waals surface area contributed by atoms with E-state index in [0.717, 1.165) is 12.8 Å². The number of hydroxylamine groups is 2. The lowest BCUT2D eigenvalue weighted by Crippen LogP contribution is -2.50. The van der Waals surface area contributed by atoms with Crippen LogP contribution < -0.4 is 10.6 Å². The van der Waals surface area contributed by atoms with Crippen LogP contribution in [0.3, 0.4) is 0 Å². The normalized spacial score (nSPS) is 22.8. The van der Waals surface area contributed by atoms with Gasteiger partial charge in [0.05, 0.1) is 7.11 Å². The largest absolute Gasteiger partial charge is 0.444 e. The molecule has 0 aromatic rings. The van der Waals surface area contributed by atoms with Gasteiger partial charge in [0, 0.05) is 31.0 Å². The number of carbonyl (C=O) groups is 3. The number of amides is 3. The van der Waals surface area contributed by atoms with E-state index in [9.17, 15) is 14.4 Å². The second kappa shape index (κ2) is 14.1. The van der Waals surface area contributed by atoms with Crippen molar-refractivity contribution < 1.29 is 28.7 Å². The van der Waals surface area contributed by atoms with Crippen molar-refractivity contribution in [3.8, 4) is 12.3 Å². The van der Waals surface area contributed by atoms with Crippen molar-refractivity contribution >= 4 is 18.1 Å². The van der Waals surface area contributed by atoms with Crippen LogP contribution in [-0.2, 0) is 19.1 Å². The van der Waals surface area contributed by atoms with E-state index in [4.69, 9.17) is 20.7 Å². The molecule has 2 N–H and O–H groups in total. The second-order valence-corrected chi connectivity index (χ2v) is 10.2. The van der Waals surface area contributed by atoms with Gasteiger partial charge in [-0.05, 0) is 67.2 Å². The molecule has 0 aromatic heterocycles. The Balaban J connectivity index is 0. The monoisotopic (exact) mass is 485 g/mol. The van der Waals surface area contributed by atoms with Gasteiger partial charge in [-0.3, -0.25) is 9.63 Å². The maximum atomic E-state index is 11.7. The Hall–Kier alpha value is -2.47. The van der Waals surface area contributed by atoms with Crippen LogP contribution in [0.15, 0.2) is 0 Å². The summed E-state index contributed by atoms with van der Waals surface area (Å²) >= 11 is 0. The van der Waals surface area contributed by atoms with E-state index < -0.39 is 17.3 Å². The van der Waals surface area contributed by atoms with Crippen molar-refractivity contribution in [2.75, 3.05) is 14.2 Å². The van der Waals surface area contributed by atoms with Crippen LogP contribution in [-0.4, -0.2) is 60.6 Å². The number of terminal acetylenes is 1. The average Bonchev–Trinajstić information content (AvgIpc) is 2.56. The van der Waals surface area contributed by atoms with E-state index in [0.29, 0.717) is 18.8 Å². The first kappa shape index (κ1) is 33.7. The first-order chi connectivity index (χ1) is 14.6. The van der Waals surface area contributed by atoms with Crippen LogP contribution in [0, 0.1) is 24.2 Å². The number of hydrogen-bond donors (Lipinski definition) is 2. The molecule has 34 heavy (non-hydrogen) atoms. The number of ether oxygens (including phenoxy) is 2. The lowest BCUT2D eigenvalue weighted by atomic mass is 9.79. The summed E-state index contributed by atoms with van der Waals surface area (Å²) in [4.78, 5) is 39.2. The number of rotatable bonds is 4. The van der Waals surface area contributed by atoms with Gasteiger partial charge in [-0.1, -0.05) is 14.9 Å². The smallest absolute Gasteiger partial charge is 0.407 e. The van der Waals surface area contributed by atoms with Crippen LogP contribution in [0.2, 0.25) is 0 Å². The van der Waals surface area contributed by atoms with E-state index in [1.807, 2.05) is 41.5 Å². The Morgan fingerprint density at radius 2 is 1.24 bits per heavy atom. The number of alkyl carbamates (subject to hydrolysis) is 2. The highest BCUT2D eigenvalue weighted by atomic mass is 16.7. The molecule has 0 radical (unpaired) electrons. The van der Waals surface area contributed by atoms with Gasteiger partial charge in [0.1, 0.15) is 11.2 Å². The fourth-order valence-electron chi connectivity index (χ4n) is 3.10. The molecule has 0 bridgehead atoms. The van der Waals surface area contributed by atoms with Crippen molar-refractivity contribution in [2.45, 2.75) is 105 Å². The molecule has 2 saturated carbocycles. The van der Waals surface area contributed by atoms with E-state index in [2.05, 4.69) is 16.6 Å². The molecule has 0 heterocycles. The standard InChI is InChI=1S/C12H22N2O4.C11H17NO2.2CH4/c1-12(2,3)18-11(16)13-9-6-8(7-9)10(15)14(4)17-5;1-5-8-6-9(7-8)12-10(13)14-11(2,3)4;;/h8-9H,6-7H2,1-5H3,(H,13,16);1,8-9H,6-7H2,2-4H3,(H,12,13);2*1H4. The molecule has 3 amide bonds. The molecule has 2 rings (SSSR count). The summed E-state index contributed by atoms with van der Waals surface area (Å²) in [7, 11) is 3.03. The highest BCUT2D eigenvalue weighted by Gasteiger charge is 2.37. The minimum atomic E-state index is -0.501. The molecule has 0 spiro atoms. The predicted molar refractivity (Wildman–Crippen MR) is 134 cm³/mol. The Labute approximate surface area is 206 Å². The molecule has 0 aliphatic heterocycles. The third-order valence-corrected chi connectivity index (χ3v) is 4.89. The van der Waals surface area contributed by atoms with Crippen molar-refractivity contribution in [3.63, 3.8) is 0 Å². The Morgan fingerprint density at radius 1 is 0.853 bits per heavy atom. The molecule has 9 heteroatoms. The number of nitrogens with one attached hydrogen (secondary N) is 2. The fraction of sp³-hybridized carbons (Fsp3) is 0.800. The van der Waals surface area contributed by atoms with Gasteiger partial charge >= 0.3 is 12.2 Å². The quantitative estimate of drug-likeness (QED) is 0.448. The molecule has 9 nitrogen and oxygen atoms in total. The van der Waals surface area contributed by atoms with Crippen LogP contribution in [0.4, 0.5) is 9.59 Å². The van der Waals surface area contributed by atoms with Crippen LogP contribution >= 0.6 is 0 Å². The van der Waals surface area contributed by atoms with Crippen molar-refractivity contribution in [1.29, 1.82) is 0 Å².